The zero-order chi connectivity index (χ0) is 19.4. The van der Waals surface area contributed by atoms with E-state index in [1.54, 1.807) is 10.7 Å². The molecule has 0 unspecified atom stereocenters. The Kier molecular flexibility index (Phi) is 5.91. The summed E-state index contributed by atoms with van der Waals surface area (Å²) in [5, 5.41) is 10.4. The van der Waals surface area contributed by atoms with Crippen LogP contribution in [-0.2, 0) is 4.79 Å². The Morgan fingerprint density at radius 2 is 1.81 bits per heavy atom. The first kappa shape index (κ1) is 19.1. The van der Waals surface area contributed by atoms with Gasteiger partial charge < -0.3 is 15.5 Å². The highest BCUT2D eigenvalue weighted by Crippen LogP contribution is 2.19. The van der Waals surface area contributed by atoms with E-state index in [-0.39, 0.29) is 23.8 Å². The first-order valence-corrected chi connectivity index (χ1v) is 9.40. The van der Waals surface area contributed by atoms with Crippen molar-refractivity contribution in [1.82, 2.24) is 20.0 Å². The Bertz CT molecular complexity index is 792. The number of hydrogen-bond acceptors (Lipinski definition) is 4. The maximum atomic E-state index is 12.7. The molecule has 1 aliphatic rings. The third kappa shape index (κ3) is 4.74. The largest absolute Gasteiger partial charge is 0.348 e. The van der Waals surface area contributed by atoms with E-state index in [4.69, 9.17) is 0 Å². The molecule has 0 aliphatic carbocycles. The fourth-order valence-corrected chi connectivity index (χ4v) is 3.03. The molecule has 1 aromatic heterocycles. The topological polar surface area (TPSA) is 79.3 Å². The standard InChI is InChI=1S/C20H27N5O2/c1-14(2)19(26)22-18-13-17(23-25(18)16-7-5-4-6-8-16)20(27)21-15-9-11-24(3)12-10-15/h4-8,13-15H,9-12H2,1-3H3,(H,21,27)(H,22,26). The number of nitrogens with zero attached hydrogens (tertiary/aromatic N) is 3. The van der Waals surface area contributed by atoms with Crippen LogP contribution in [0.4, 0.5) is 5.82 Å². The van der Waals surface area contributed by atoms with E-state index in [2.05, 4.69) is 27.7 Å². The van der Waals surface area contributed by atoms with Crippen molar-refractivity contribution in [3.8, 4) is 5.69 Å². The Labute approximate surface area is 159 Å². The van der Waals surface area contributed by atoms with Gasteiger partial charge in [-0.3, -0.25) is 9.59 Å². The molecule has 7 nitrogen and oxygen atoms in total. The molecule has 2 amide bonds. The van der Waals surface area contributed by atoms with E-state index < -0.39 is 0 Å². The highest BCUT2D eigenvalue weighted by molar-refractivity contribution is 5.96. The number of carbonyl (C=O) groups excluding carboxylic acids is 2. The van der Waals surface area contributed by atoms with E-state index >= 15 is 0 Å². The molecule has 2 N–H and O–H groups in total. The summed E-state index contributed by atoms with van der Waals surface area (Å²) in [6.45, 7) is 5.59. The highest BCUT2D eigenvalue weighted by atomic mass is 16.2. The van der Waals surface area contributed by atoms with Crippen LogP contribution >= 0.6 is 0 Å². The maximum Gasteiger partial charge on any atom is 0.272 e. The first-order valence-electron chi connectivity index (χ1n) is 9.40. The maximum absolute atomic E-state index is 12.7. The number of piperidine rings is 1. The normalized spacial score (nSPS) is 15.7. The van der Waals surface area contributed by atoms with Gasteiger partial charge in [0.15, 0.2) is 5.69 Å². The van der Waals surface area contributed by atoms with Gasteiger partial charge in [0.2, 0.25) is 5.91 Å². The number of nitrogens with one attached hydrogen (secondary N) is 2. The molecule has 2 aromatic rings. The minimum atomic E-state index is -0.209. The zero-order valence-corrected chi connectivity index (χ0v) is 16.1. The van der Waals surface area contributed by atoms with Crippen LogP contribution in [0.5, 0.6) is 0 Å². The molecule has 1 aliphatic heterocycles. The summed E-state index contributed by atoms with van der Waals surface area (Å²) in [6.07, 6.45) is 1.86. The summed E-state index contributed by atoms with van der Waals surface area (Å²) >= 11 is 0. The Hall–Kier alpha value is -2.67. The fourth-order valence-electron chi connectivity index (χ4n) is 3.03. The third-order valence-electron chi connectivity index (χ3n) is 4.77. The van der Waals surface area contributed by atoms with Gasteiger partial charge in [-0.1, -0.05) is 32.0 Å². The van der Waals surface area contributed by atoms with E-state index in [0.717, 1.165) is 31.6 Å². The van der Waals surface area contributed by atoms with E-state index in [1.165, 1.54) is 0 Å². The summed E-state index contributed by atoms with van der Waals surface area (Å²) in [5.74, 6) is 0.00249. The van der Waals surface area contributed by atoms with Crippen LogP contribution in [0.15, 0.2) is 36.4 Å². The molecule has 1 fully saturated rings. The van der Waals surface area contributed by atoms with Crippen molar-refractivity contribution in [3.63, 3.8) is 0 Å². The second-order valence-corrected chi connectivity index (χ2v) is 7.36. The molecule has 0 spiro atoms. The molecule has 7 heteroatoms. The number of amides is 2. The number of likely N-dealkylation sites (tertiary alicyclic amines) is 1. The quantitative estimate of drug-likeness (QED) is 0.848. The van der Waals surface area contributed by atoms with Crippen LogP contribution < -0.4 is 10.6 Å². The second kappa shape index (κ2) is 8.35. The van der Waals surface area contributed by atoms with Gasteiger partial charge in [0, 0.05) is 18.0 Å². The fraction of sp³-hybridized carbons (Fsp3) is 0.450. The predicted molar refractivity (Wildman–Crippen MR) is 105 cm³/mol. The molecular weight excluding hydrogens is 342 g/mol. The number of benzene rings is 1. The van der Waals surface area contributed by atoms with Crippen LogP contribution in [0, 0.1) is 5.92 Å². The minimum Gasteiger partial charge on any atom is -0.348 e. The number of anilines is 1. The van der Waals surface area contributed by atoms with Gasteiger partial charge in [-0.2, -0.15) is 5.10 Å². The van der Waals surface area contributed by atoms with Gasteiger partial charge in [-0.05, 0) is 45.1 Å². The monoisotopic (exact) mass is 369 g/mol. The number of hydrogen-bond donors (Lipinski definition) is 2. The molecule has 0 bridgehead atoms. The van der Waals surface area contributed by atoms with Crippen LogP contribution in [0.1, 0.15) is 37.2 Å². The third-order valence-corrected chi connectivity index (χ3v) is 4.77. The van der Waals surface area contributed by atoms with Crippen LogP contribution in [0.3, 0.4) is 0 Å². The Morgan fingerprint density at radius 1 is 1.15 bits per heavy atom. The zero-order valence-electron chi connectivity index (χ0n) is 16.1. The van der Waals surface area contributed by atoms with Crippen molar-refractivity contribution in [3.05, 3.63) is 42.1 Å². The van der Waals surface area contributed by atoms with Crippen LogP contribution in [-0.4, -0.2) is 52.7 Å². The molecule has 1 saturated heterocycles. The lowest BCUT2D eigenvalue weighted by molar-refractivity contribution is -0.118. The summed E-state index contributed by atoms with van der Waals surface area (Å²) < 4.78 is 1.60. The number of carbonyl (C=O) groups is 2. The second-order valence-electron chi connectivity index (χ2n) is 7.36. The lowest BCUT2D eigenvalue weighted by Gasteiger charge is -2.29. The van der Waals surface area contributed by atoms with E-state index in [9.17, 15) is 9.59 Å². The molecule has 2 heterocycles. The van der Waals surface area contributed by atoms with Crippen molar-refractivity contribution in [2.24, 2.45) is 5.92 Å². The minimum absolute atomic E-state index is 0.116. The molecule has 1 aromatic carbocycles. The summed E-state index contributed by atoms with van der Waals surface area (Å²) in [6, 6.07) is 11.3. The van der Waals surface area contributed by atoms with Gasteiger partial charge in [-0.15, -0.1) is 0 Å². The average molecular weight is 369 g/mol. The lowest BCUT2D eigenvalue weighted by atomic mass is 10.1. The Morgan fingerprint density at radius 3 is 2.44 bits per heavy atom. The van der Waals surface area contributed by atoms with Crippen molar-refractivity contribution in [2.45, 2.75) is 32.7 Å². The van der Waals surface area contributed by atoms with Crippen molar-refractivity contribution >= 4 is 17.6 Å². The number of para-hydroxylation sites is 1. The van der Waals surface area contributed by atoms with Gasteiger partial charge in [0.1, 0.15) is 5.82 Å². The van der Waals surface area contributed by atoms with Gasteiger partial charge >= 0.3 is 0 Å². The molecule has 27 heavy (non-hydrogen) atoms. The molecule has 0 radical (unpaired) electrons. The molecule has 144 valence electrons. The molecule has 0 atom stereocenters. The van der Waals surface area contributed by atoms with Crippen molar-refractivity contribution in [1.29, 1.82) is 0 Å². The smallest absolute Gasteiger partial charge is 0.272 e. The lowest BCUT2D eigenvalue weighted by Crippen LogP contribution is -2.43. The van der Waals surface area contributed by atoms with Crippen molar-refractivity contribution in [2.75, 3.05) is 25.5 Å². The molecular formula is C20H27N5O2. The molecule has 3 rings (SSSR count). The van der Waals surface area contributed by atoms with E-state index in [0.29, 0.717) is 11.5 Å². The summed E-state index contributed by atoms with van der Waals surface area (Å²) in [7, 11) is 2.09. The van der Waals surface area contributed by atoms with E-state index in [1.807, 2.05) is 44.2 Å². The highest BCUT2D eigenvalue weighted by Gasteiger charge is 2.22. The summed E-state index contributed by atoms with van der Waals surface area (Å²) in [5.41, 5.74) is 1.09. The first-order chi connectivity index (χ1) is 12.9. The van der Waals surface area contributed by atoms with Gasteiger partial charge in [0.25, 0.3) is 5.91 Å². The Balaban J connectivity index is 1.82. The number of rotatable bonds is 5. The van der Waals surface area contributed by atoms with Crippen LogP contribution in [0.2, 0.25) is 0 Å². The van der Waals surface area contributed by atoms with Gasteiger partial charge in [-0.25, -0.2) is 4.68 Å². The molecule has 0 saturated carbocycles. The van der Waals surface area contributed by atoms with Crippen LogP contribution in [0.25, 0.3) is 5.69 Å². The number of aromatic nitrogens is 2. The predicted octanol–water partition coefficient (Wildman–Crippen LogP) is 2.29. The summed E-state index contributed by atoms with van der Waals surface area (Å²) in [4.78, 5) is 27.1. The van der Waals surface area contributed by atoms with Crippen molar-refractivity contribution < 1.29 is 9.59 Å². The average Bonchev–Trinajstić information content (AvgIpc) is 3.08. The van der Waals surface area contributed by atoms with Gasteiger partial charge in [0.05, 0.1) is 5.69 Å². The SMILES string of the molecule is CC(C)C(=O)Nc1cc(C(=O)NC2CCN(C)CC2)nn1-c1ccccc1.